The largest absolute Gasteiger partial charge is 0.341 e. The van der Waals surface area contributed by atoms with Crippen LogP contribution in [0.1, 0.15) is 37.3 Å². The summed E-state index contributed by atoms with van der Waals surface area (Å²) in [6, 6.07) is 0.386. The summed E-state index contributed by atoms with van der Waals surface area (Å²) in [5.41, 5.74) is 0. The van der Waals surface area contributed by atoms with Crippen molar-refractivity contribution < 1.29 is 4.79 Å². The first kappa shape index (κ1) is 14.2. The van der Waals surface area contributed by atoms with E-state index in [0.717, 1.165) is 23.5 Å². The fourth-order valence-electron chi connectivity index (χ4n) is 3.97. The minimum atomic E-state index is -0.0906. The minimum Gasteiger partial charge on any atom is -0.341 e. The summed E-state index contributed by atoms with van der Waals surface area (Å²) in [6.07, 6.45) is 5.20. The molecular formula is C16H25N5O. The molecule has 6 nitrogen and oxygen atoms in total. The first-order valence-corrected chi connectivity index (χ1v) is 8.42. The second-order valence-electron chi connectivity index (χ2n) is 7.32. The van der Waals surface area contributed by atoms with Gasteiger partial charge in [-0.15, -0.1) is 10.2 Å². The molecule has 2 saturated carbocycles. The normalized spacial score (nSPS) is 25.4. The van der Waals surface area contributed by atoms with Crippen LogP contribution in [0.2, 0.25) is 0 Å². The van der Waals surface area contributed by atoms with Crippen LogP contribution in [0.5, 0.6) is 0 Å². The van der Waals surface area contributed by atoms with Gasteiger partial charge in [0.2, 0.25) is 5.91 Å². The molecule has 1 aliphatic heterocycles. The highest BCUT2D eigenvalue weighted by Gasteiger charge is 2.46. The Balaban J connectivity index is 1.53. The number of aryl methyl sites for hydroxylation is 1. The number of hydrogen-bond acceptors (Lipinski definition) is 4. The molecule has 0 aromatic carbocycles. The van der Waals surface area contributed by atoms with Gasteiger partial charge in [-0.05, 0) is 51.5 Å². The molecule has 1 aromatic rings. The van der Waals surface area contributed by atoms with Gasteiger partial charge in [-0.3, -0.25) is 9.69 Å². The topological polar surface area (TPSA) is 54.3 Å². The molecular weight excluding hydrogens is 278 g/mol. The summed E-state index contributed by atoms with van der Waals surface area (Å²) in [5, 5.41) is 8.35. The molecule has 1 aromatic heterocycles. The maximum Gasteiger partial charge on any atom is 0.241 e. The summed E-state index contributed by atoms with van der Waals surface area (Å²) in [4.78, 5) is 17.3. The maximum atomic E-state index is 13.1. The third-order valence-corrected chi connectivity index (χ3v) is 5.58. The van der Waals surface area contributed by atoms with Crippen molar-refractivity contribution in [3.05, 3.63) is 11.6 Å². The van der Waals surface area contributed by atoms with Gasteiger partial charge in [0.05, 0.1) is 13.1 Å². The van der Waals surface area contributed by atoms with Gasteiger partial charge in [0.25, 0.3) is 0 Å². The molecule has 0 saturated heterocycles. The van der Waals surface area contributed by atoms with Crippen molar-refractivity contribution in [2.75, 3.05) is 14.1 Å². The Bertz CT molecular complexity index is 577. The van der Waals surface area contributed by atoms with Crippen LogP contribution in [0.3, 0.4) is 0 Å². The number of likely N-dealkylation sites (N-methyl/N-ethyl adjacent to an activating group) is 2. The highest BCUT2D eigenvalue weighted by Crippen LogP contribution is 2.47. The third-order valence-electron chi connectivity index (χ3n) is 5.58. The summed E-state index contributed by atoms with van der Waals surface area (Å²) in [7, 11) is 4.04. The molecule has 0 spiro atoms. The van der Waals surface area contributed by atoms with E-state index < -0.39 is 0 Å². The van der Waals surface area contributed by atoms with E-state index in [1.807, 2.05) is 21.0 Å². The van der Waals surface area contributed by atoms with Gasteiger partial charge in [0, 0.05) is 13.1 Å². The molecule has 2 heterocycles. The molecule has 2 aliphatic carbocycles. The van der Waals surface area contributed by atoms with Gasteiger partial charge in [-0.2, -0.15) is 0 Å². The molecule has 1 unspecified atom stereocenters. The number of nitrogens with zero attached hydrogens (tertiary/aromatic N) is 5. The number of aromatic nitrogens is 3. The van der Waals surface area contributed by atoms with Gasteiger partial charge in [0.1, 0.15) is 17.7 Å². The summed E-state index contributed by atoms with van der Waals surface area (Å²) in [5.74, 6) is 3.65. The number of carbonyl (C=O) groups is 1. The minimum absolute atomic E-state index is 0.0906. The van der Waals surface area contributed by atoms with Gasteiger partial charge in [-0.25, -0.2) is 0 Å². The van der Waals surface area contributed by atoms with Crippen molar-refractivity contribution in [1.29, 1.82) is 0 Å². The first-order chi connectivity index (χ1) is 10.6. The maximum absolute atomic E-state index is 13.1. The zero-order valence-corrected chi connectivity index (χ0v) is 13.7. The Morgan fingerprint density at radius 1 is 1.23 bits per heavy atom. The molecule has 3 aliphatic rings. The smallest absolute Gasteiger partial charge is 0.241 e. The Morgan fingerprint density at radius 3 is 2.45 bits per heavy atom. The lowest BCUT2D eigenvalue weighted by molar-refractivity contribution is -0.139. The predicted octanol–water partition coefficient (Wildman–Crippen LogP) is 1.05. The monoisotopic (exact) mass is 303 g/mol. The third kappa shape index (κ3) is 2.33. The Labute approximate surface area is 131 Å². The number of rotatable bonds is 4. The molecule has 1 atom stereocenters. The molecule has 22 heavy (non-hydrogen) atoms. The molecule has 2 fully saturated rings. The Kier molecular flexibility index (Phi) is 3.25. The molecule has 0 radical (unpaired) electrons. The van der Waals surface area contributed by atoms with E-state index in [1.54, 1.807) is 0 Å². The quantitative estimate of drug-likeness (QED) is 0.834. The summed E-state index contributed by atoms with van der Waals surface area (Å²) >= 11 is 0. The number of hydrogen-bond donors (Lipinski definition) is 0. The van der Waals surface area contributed by atoms with Crippen LogP contribution in [-0.2, 0) is 17.9 Å². The van der Waals surface area contributed by atoms with Crippen molar-refractivity contribution >= 4 is 5.91 Å². The van der Waals surface area contributed by atoms with Crippen molar-refractivity contribution in [1.82, 2.24) is 24.6 Å². The van der Waals surface area contributed by atoms with E-state index in [-0.39, 0.29) is 11.9 Å². The van der Waals surface area contributed by atoms with E-state index in [4.69, 9.17) is 0 Å². The summed E-state index contributed by atoms with van der Waals surface area (Å²) in [6.45, 7) is 3.34. The highest BCUT2D eigenvalue weighted by molar-refractivity contribution is 5.82. The van der Waals surface area contributed by atoms with Crippen molar-refractivity contribution in [2.45, 2.75) is 57.8 Å². The summed E-state index contributed by atoms with van der Waals surface area (Å²) < 4.78 is 2.10. The SMILES string of the molecule is Cc1nnc2n1CC(C(=O)N(C)C(C1CC1)C1CC1)N(C)C2. The Morgan fingerprint density at radius 2 is 1.86 bits per heavy atom. The van der Waals surface area contributed by atoms with E-state index >= 15 is 0 Å². The zero-order chi connectivity index (χ0) is 15.4. The van der Waals surface area contributed by atoms with Crippen molar-refractivity contribution in [3.63, 3.8) is 0 Å². The van der Waals surface area contributed by atoms with E-state index in [0.29, 0.717) is 19.1 Å². The lowest BCUT2D eigenvalue weighted by atomic mass is 10.0. The number of amides is 1. The van der Waals surface area contributed by atoms with Gasteiger partial charge < -0.3 is 9.47 Å². The Hall–Kier alpha value is -1.43. The molecule has 0 bridgehead atoms. The van der Waals surface area contributed by atoms with Crippen LogP contribution in [0.4, 0.5) is 0 Å². The van der Waals surface area contributed by atoms with E-state index in [2.05, 4.69) is 24.6 Å². The van der Waals surface area contributed by atoms with Crippen LogP contribution in [-0.4, -0.2) is 56.7 Å². The van der Waals surface area contributed by atoms with Crippen molar-refractivity contribution in [3.8, 4) is 0 Å². The second-order valence-corrected chi connectivity index (χ2v) is 7.32. The lowest BCUT2D eigenvalue weighted by Crippen LogP contribution is -2.54. The van der Waals surface area contributed by atoms with Crippen LogP contribution in [0.15, 0.2) is 0 Å². The average Bonchev–Trinajstić information content (AvgIpc) is 3.40. The highest BCUT2D eigenvalue weighted by atomic mass is 16.2. The number of carbonyl (C=O) groups excluding carboxylic acids is 1. The average molecular weight is 303 g/mol. The zero-order valence-electron chi connectivity index (χ0n) is 13.7. The van der Waals surface area contributed by atoms with Gasteiger partial charge >= 0.3 is 0 Å². The van der Waals surface area contributed by atoms with Gasteiger partial charge in [-0.1, -0.05) is 0 Å². The molecule has 1 amide bonds. The van der Waals surface area contributed by atoms with E-state index in [9.17, 15) is 4.79 Å². The van der Waals surface area contributed by atoms with Gasteiger partial charge in [0.15, 0.2) is 0 Å². The molecule has 120 valence electrons. The number of fused-ring (bicyclic) bond motifs is 1. The predicted molar refractivity (Wildman–Crippen MR) is 82.0 cm³/mol. The fourth-order valence-corrected chi connectivity index (χ4v) is 3.97. The van der Waals surface area contributed by atoms with E-state index in [1.165, 1.54) is 25.7 Å². The van der Waals surface area contributed by atoms with Crippen LogP contribution < -0.4 is 0 Å². The lowest BCUT2D eigenvalue weighted by Gasteiger charge is -2.37. The molecule has 6 heteroatoms. The molecule has 4 rings (SSSR count). The van der Waals surface area contributed by atoms with Crippen molar-refractivity contribution in [2.24, 2.45) is 11.8 Å². The fraction of sp³-hybridized carbons (Fsp3) is 0.812. The standard InChI is InChI=1S/C16H25N5O/c1-10-17-18-14-9-19(2)13(8-21(10)14)16(22)20(3)15(11-4-5-11)12-6-7-12/h11-13,15H,4-9H2,1-3H3. The van der Waals surface area contributed by atoms with Crippen LogP contribution in [0, 0.1) is 18.8 Å². The second kappa shape index (κ2) is 5.05. The molecule has 0 N–H and O–H groups in total. The van der Waals surface area contributed by atoms with Crippen LogP contribution >= 0.6 is 0 Å². The first-order valence-electron chi connectivity index (χ1n) is 8.42. The van der Waals surface area contributed by atoms with Crippen LogP contribution in [0.25, 0.3) is 0 Å².